The lowest BCUT2D eigenvalue weighted by molar-refractivity contribution is -0.126. The van der Waals surface area contributed by atoms with Crippen molar-refractivity contribution in [2.75, 3.05) is 13.1 Å². The molecule has 1 saturated heterocycles. The maximum atomic E-state index is 13.6. The highest BCUT2D eigenvalue weighted by Gasteiger charge is 2.32. The van der Waals surface area contributed by atoms with Gasteiger partial charge in [-0.25, -0.2) is 12.8 Å². The highest BCUT2D eigenvalue weighted by Crippen LogP contribution is 2.25. The number of nitrogens with zero attached hydrogens (tertiary/aromatic N) is 1. The van der Waals surface area contributed by atoms with Crippen LogP contribution < -0.4 is 5.32 Å². The zero-order valence-corrected chi connectivity index (χ0v) is 16.1. The highest BCUT2D eigenvalue weighted by atomic mass is 35.5. The lowest BCUT2D eigenvalue weighted by atomic mass is 9.97. The smallest absolute Gasteiger partial charge is 0.243 e. The van der Waals surface area contributed by atoms with Crippen LogP contribution in [-0.2, 0) is 21.4 Å². The second kappa shape index (κ2) is 8.37. The van der Waals surface area contributed by atoms with E-state index >= 15 is 0 Å². The topological polar surface area (TPSA) is 66.5 Å². The van der Waals surface area contributed by atoms with Gasteiger partial charge in [-0.15, -0.1) is 0 Å². The molecule has 8 heteroatoms. The molecule has 0 spiro atoms. The number of carbonyl (C=O) groups is 1. The van der Waals surface area contributed by atoms with Crippen molar-refractivity contribution in [1.82, 2.24) is 9.62 Å². The molecule has 0 atom stereocenters. The third kappa shape index (κ3) is 4.66. The van der Waals surface area contributed by atoms with Gasteiger partial charge in [-0.05, 0) is 43.2 Å². The lowest BCUT2D eigenvalue weighted by Crippen LogP contribution is -2.42. The summed E-state index contributed by atoms with van der Waals surface area (Å²) in [5.41, 5.74) is 0.425. The van der Waals surface area contributed by atoms with Gasteiger partial charge in [0.05, 0.1) is 4.90 Å². The van der Waals surface area contributed by atoms with Crippen LogP contribution in [0.15, 0.2) is 53.4 Å². The van der Waals surface area contributed by atoms with E-state index in [9.17, 15) is 17.6 Å². The number of hydrogen-bond donors (Lipinski definition) is 1. The van der Waals surface area contributed by atoms with Crippen LogP contribution in [0.4, 0.5) is 4.39 Å². The van der Waals surface area contributed by atoms with Crippen molar-refractivity contribution in [3.8, 4) is 0 Å². The van der Waals surface area contributed by atoms with Gasteiger partial charge in [0, 0.05) is 36.1 Å². The summed E-state index contributed by atoms with van der Waals surface area (Å²) in [4.78, 5) is 12.5. The van der Waals surface area contributed by atoms with Gasteiger partial charge in [0.15, 0.2) is 0 Å². The van der Waals surface area contributed by atoms with Crippen molar-refractivity contribution in [3.05, 3.63) is 64.9 Å². The van der Waals surface area contributed by atoms with E-state index in [1.54, 1.807) is 18.2 Å². The van der Waals surface area contributed by atoms with Crippen LogP contribution in [0, 0.1) is 11.7 Å². The molecule has 3 rings (SSSR count). The van der Waals surface area contributed by atoms with Crippen molar-refractivity contribution in [2.45, 2.75) is 24.3 Å². The van der Waals surface area contributed by atoms with Gasteiger partial charge in [-0.1, -0.05) is 29.8 Å². The SMILES string of the molecule is O=C(NCc1ccccc1F)C1CCN(S(=O)(=O)c2ccc(Cl)cc2)CC1. The van der Waals surface area contributed by atoms with Gasteiger partial charge in [-0.3, -0.25) is 4.79 Å². The number of sulfonamides is 1. The van der Waals surface area contributed by atoms with Crippen LogP contribution in [0.25, 0.3) is 0 Å². The van der Waals surface area contributed by atoms with Gasteiger partial charge in [0.2, 0.25) is 15.9 Å². The van der Waals surface area contributed by atoms with Crippen molar-refractivity contribution in [3.63, 3.8) is 0 Å². The van der Waals surface area contributed by atoms with E-state index in [0.717, 1.165) is 0 Å². The molecule has 144 valence electrons. The second-order valence-electron chi connectivity index (χ2n) is 6.44. The van der Waals surface area contributed by atoms with E-state index in [1.807, 2.05) is 0 Å². The van der Waals surface area contributed by atoms with Crippen molar-refractivity contribution >= 4 is 27.5 Å². The number of benzene rings is 2. The molecule has 1 N–H and O–H groups in total. The first-order valence-corrected chi connectivity index (χ1v) is 10.5. The first-order chi connectivity index (χ1) is 12.9. The van der Waals surface area contributed by atoms with E-state index < -0.39 is 10.0 Å². The summed E-state index contributed by atoms with van der Waals surface area (Å²) in [5.74, 6) is -0.822. The summed E-state index contributed by atoms with van der Waals surface area (Å²) >= 11 is 5.81. The van der Waals surface area contributed by atoms with Crippen LogP contribution >= 0.6 is 11.6 Å². The Bertz CT molecular complexity index is 911. The van der Waals surface area contributed by atoms with Crippen LogP contribution in [0.5, 0.6) is 0 Å². The Morgan fingerprint density at radius 2 is 1.74 bits per heavy atom. The summed E-state index contributed by atoms with van der Waals surface area (Å²) in [6.07, 6.45) is 0.853. The number of piperidine rings is 1. The number of nitrogens with one attached hydrogen (secondary N) is 1. The molecule has 27 heavy (non-hydrogen) atoms. The van der Waals surface area contributed by atoms with E-state index in [4.69, 9.17) is 11.6 Å². The molecule has 0 radical (unpaired) electrons. The molecule has 0 aliphatic carbocycles. The number of rotatable bonds is 5. The third-order valence-corrected chi connectivity index (χ3v) is 6.85. The summed E-state index contributed by atoms with van der Waals surface area (Å²) < 4.78 is 40.3. The van der Waals surface area contributed by atoms with Crippen LogP contribution in [0.2, 0.25) is 5.02 Å². The molecule has 1 aliphatic heterocycles. The molecule has 1 amide bonds. The predicted molar refractivity (Wildman–Crippen MR) is 101 cm³/mol. The molecule has 2 aromatic carbocycles. The van der Waals surface area contributed by atoms with Crippen LogP contribution in [0.1, 0.15) is 18.4 Å². The Kier molecular flexibility index (Phi) is 6.14. The minimum absolute atomic E-state index is 0.120. The van der Waals surface area contributed by atoms with Crippen molar-refractivity contribution in [2.24, 2.45) is 5.92 Å². The number of halogens is 2. The fourth-order valence-corrected chi connectivity index (χ4v) is 4.68. The minimum Gasteiger partial charge on any atom is -0.352 e. The van der Waals surface area contributed by atoms with Gasteiger partial charge < -0.3 is 5.32 Å². The Morgan fingerprint density at radius 3 is 2.37 bits per heavy atom. The average Bonchev–Trinajstić information content (AvgIpc) is 2.67. The highest BCUT2D eigenvalue weighted by molar-refractivity contribution is 7.89. The molecular weight excluding hydrogens is 391 g/mol. The van der Waals surface area contributed by atoms with Gasteiger partial charge in [0.25, 0.3) is 0 Å². The quantitative estimate of drug-likeness (QED) is 0.823. The van der Waals surface area contributed by atoms with Gasteiger partial charge in [-0.2, -0.15) is 4.31 Å². The Morgan fingerprint density at radius 1 is 1.11 bits per heavy atom. The Labute approximate surface area is 163 Å². The molecule has 0 saturated carbocycles. The largest absolute Gasteiger partial charge is 0.352 e. The summed E-state index contributed by atoms with van der Waals surface area (Å²) in [6.45, 7) is 0.653. The Balaban J connectivity index is 1.56. The number of amides is 1. The van der Waals surface area contributed by atoms with Crippen LogP contribution in [-0.4, -0.2) is 31.7 Å². The summed E-state index contributed by atoms with van der Waals surface area (Å²) in [7, 11) is -3.60. The predicted octanol–water partition coefficient (Wildman–Crippen LogP) is 3.20. The van der Waals surface area contributed by atoms with Crippen molar-refractivity contribution in [1.29, 1.82) is 0 Å². The van der Waals surface area contributed by atoms with E-state index in [0.29, 0.717) is 23.4 Å². The molecule has 5 nitrogen and oxygen atoms in total. The van der Waals surface area contributed by atoms with E-state index in [2.05, 4.69) is 5.32 Å². The third-order valence-electron chi connectivity index (χ3n) is 4.69. The number of carbonyl (C=O) groups excluding carboxylic acids is 1. The fourth-order valence-electron chi connectivity index (χ4n) is 3.08. The average molecular weight is 411 g/mol. The molecule has 0 aromatic heterocycles. The maximum absolute atomic E-state index is 13.6. The number of hydrogen-bond acceptors (Lipinski definition) is 3. The van der Waals surface area contributed by atoms with E-state index in [-0.39, 0.29) is 42.2 Å². The summed E-state index contributed by atoms with van der Waals surface area (Å²) in [6, 6.07) is 12.3. The molecule has 1 heterocycles. The maximum Gasteiger partial charge on any atom is 0.243 e. The molecule has 1 fully saturated rings. The van der Waals surface area contributed by atoms with E-state index in [1.165, 1.54) is 34.6 Å². The molecule has 0 unspecified atom stereocenters. The van der Waals surface area contributed by atoms with Crippen molar-refractivity contribution < 1.29 is 17.6 Å². The molecule has 1 aliphatic rings. The first kappa shape index (κ1) is 19.8. The normalized spacial score (nSPS) is 16.2. The standard InChI is InChI=1S/C19H20ClFN2O3S/c20-16-5-7-17(8-6-16)27(25,26)23-11-9-14(10-12-23)19(24)22-13-15-3-1-2-4-18(15)21/h1-8,14H,9-13H2,(H,22,24). The zero-order valence-electron chi connectivity index (χ0n) is 14.6. The van der Waals surface area contributed by atoms with Gasteiger partial charge >= 0.3 is 0 Å². The minimum atomic E-state index is -3.60. The second-order valence-corrected chi connectivity index (χ2v) is 8.82. The fraction of sp³-hybridized carbons (Fsp3) is 0.316. The lowest BCUT2D eigenvalue weighted by Gasteiger charge is -2.30. The first-order valence-electron chi connectivity index (χ1n) is 8.65. The molecule has 0 bridgehead atoms. The van der Waals surface area contributed by atoms with Gasteiger partial charge in [0.1, 0.15) is 5.82 Å². The summed E-state index contributed by atoms with van der Waals surface area (Å²) in [5, 5.41) is 3.21. The molecular formula is C19H20ClFN2O3S. The molecule has 2 aromatic rings. The zero-order chi connectivity index (χ0) is 19.4. The van der Waals surface area contributed by atoms with Crippen LogP contribution in [0.3, 0.4) is 0 Å². The monoisotopic (exact) mass is 410 g/mol. The Hall–Kier alpha value is -1.96.